The fourth-order valence-corrected chi connectivity index (χ4v) is 3.06. The van der Waals surface area contributed by atoms with Gasteiger partial charge in [-0.2, -0.15) is 4.98 Å². The van der Waals surface area contributed by atoms with Crippen LogP contribution in [0.2, 0.25) is 5.02 Å². The number of benzene rings is 1. The molecule has 1 unspecified atom stereocenters. The Bertz CT molecular complexity index is 953. The molecule has 0 fully saturated rings. The van der Waals surface area contributed by atoms with E-state index in [4.69, 9.17) is 11.6 Å². The van der Waals surface area contributed by atoms with Crippen LogP contribution in [0, 0.1) is 5.92 Å². The normalized spacial score (nSPS) is 15.9. The summed E-state index contributed by atoms with van der Waals surface area (Å²) in [7, 11) is 1.91. The van der Waals surface area contributed by atoms with E-state index in [0.29, 0.717) is 16.8 Å². The van der Waals surface area contributed by atoms with E-state index < -0.39 is 0 Å². The number of aromatic nitrogens is 2. The van der Waals surface area contributed by atoms with Gasteiger partial charge in [-0.3, -0.25) is 4.79 Å². The first-order chi connectivity index (χ1) is 13.5. The molecule has 0 saturated carbocycles. The van der Waals surface area contributed by atoms with Crippen LogP contribution >= 0.6 is 11.6 Å². The van der Waals surface area contributed by atoms with Crippen LogP contribution in [0.25, 0.3) is 0 Å². The topological polar surface area (TPSA) is 70.2 Å². The van der Waals surface area contributed by atoms with Crippen molar-refractivity contribution < 1.29 is 4.79 Å². The van der Waals surface area contributed by atoms with Crippen LogP contribution in [0.1, 0.15) is 13.3 Å². The Hall–Kier alpha value is -3.12. The molecule has 0 saturated heterocycles. The minimum absolute atomic E-state index is 0.161. The van der Waals surface area contributed by atoms with E-state index in [1.54, 1.807) is 6.20 Å². The first-order valence-corrected chi connectivity index (χ1v) is 9.29. The summed E-state index contributed by atoms with van der Waals surface area (Å²) in [5, 5.41) is 6.76. The molecular formula is C21H22ClN5O. The molecule has 28 heavy (non-hydrogen) atoms. The molecule has 2 N–H and O–H groups in total. The second-order valence-electron chi connectivity index (χ2n) is 6.46. The summed E-state index contributed by atoms with van der Waals surface area (Å²) in [6.07, 6.45) is 7.77. The van der Waals surface area contributed by atoms with E-state index in [-0.39, 0.29) is 11.8 Å². The van der Waals surface area contributed by atoms with Gasteiger partial charge >= 0.3 is 0 Å². The first kappa shape index (κ1) is 19.6. The number of rotatable bonds is 6. The molecule has 3 rings (SSSR count). The van der Waals surface area contributed by atoms with Crippen molar-refractivity contribution in [3.05, 3.63) is 77.8 Å². The van der Waals surface area contributed by atoms with Crippen molar-refractivity contribution in [3.8, 4) is 0 Å². The van der Waals surface area contributed by atoms with Gasteiger partial charge in [-0.15, -0.1) is 0 Å². The molecule has 1 aromatic carbocycles. The number of carbonyl (C=O) groups excluding carboxylic acids is 1. The molecule has 7 heteroatoms. The van der Waals surface area contributed by atoms with Gasteiger partial charge in [0, 0.05) is 35.6 Å². The van der Waals surface area contributed by atoms with Crippen molar-refractivity contribution in [2.75, 3.05) is 17.3 Å². The van der Waals surface area contributed by atoms with Gasteiger partial charge in [0.05, 0.1) is 5.70 Å². The summed E-state index contributed by atoms with van der Waals surface area (Å²) in [6.45, 7) is 5.56. The highest BCUT2D eigenvalue weighted by Crippen LogP contribution is 2.26. The third-order valence-corrected chi connectivity index (χ3v) is 4.66. The highest BCUT2D eigenvalue weighted by atomic mass is 35.5. The van der Waals surface area contributed by atoms with Gasteiger partial charge in [0.25, 0.3) is 0 Å². The number of halogens is 1. The van der Waals surface area contributed by atoms with Crippen molar-refractivity contribution >= 4 is 35.0 Å². The molecule has 2 aromatic rings. The summed E-state index contributed by atoms with van der Waals surface area (Å²) in [5.74, 6) is 1.07. The van der Waals surface area contributed by atoms with Gasteiger partial charge < -0.3 is 15.5 Å². The molecule has 1 amide bonds. The van der Waals surface area contributed by atoms with Crippen molar-refractivity contribution in [1.82, 2.24) is 15.3 Å². The zero-order chi connectivity index (χ0) is 20.1. The highest BCUT2D eigenvalue weighted by Gasteiger charge is 2.18. The molecule has 0 radical (unpaired) electrons. The summed E-state index contributed by atoms with van der Waals surface area (Å²) in [6, 6.07) is 9.36. The maximum atomic E-state index is 11.8. The standard InChI is InChI=1S/C21H22ClN5O/c1-4-19(28)26-20-14(2)7-5-10-17(20)24-21-23-12-11-18(25-21)27(3)16-9-6-8-15(22)13-16/h4-6,8-14H,1,7H2,2-3H3,(H,26,28)(H,23,24,25). The number of nitrogens with zero attached hydrogens (tertiary/aromatic N) is 3. The summed E-state index contributed by atoms with van der Waals surface area (Å²) in [4.78, 5) is 22.6. The van der Waals surface area contributed by atoms with Crippen LogP contribution in [0.15, 0.2) is 72.7 Å². The third kappa shape index (κ3) is 4.58. The summed E-state index contributed by atoms with van der Waals surface area (Å²) >= 11 is 6.09. The van der Waals surface area contributed by atoms with Crippen molar-refractivity contribution in [1.29, 1.82) is 0 Å². The molecule has 0 spiro atoms. The number of carbonyl (C=O) groups is 1. The summed E-state index contributed by atoms with van der Waals surface area (Å²) in [5.41, 5.74) is 2.47. The number of anilines is 3. The average Bonchev–Trinajstić information content (AvgIpc) is 2.70. The van der Waals surface area contributed by atoms with Crippen molar-refractivity contribution in [2.45, 2.75) is 13.3 Å². The second kappa shape index (κ2) is 8.71. The van der Waals surface area contributed by atoms with Gasteiger partial charge in [0.15, 0.2) is 0 Å². The van der Waals surface area contributed by atoms with Gasteiger partial charge in [0.2, 0.25) is 11.9 Å². The van der Waals surface area contributed by atoms with E-state index in [0.717, 1.165) is 23.5 Å². The number of hydrogen-bond acceptors (Lipinski definition) is 5. The Morgan fingerprint density at radius 2 is 2.21 bits per heavy atom. The lowest BCUT2D eigenvalue weighted by Crippen LogP contribution is -2.28. The summed E-state index contributed by atoms with van der Waals surface area (Å²) < 4.78 is 0. The first-order valence-electron chi connectivity index (χ1n) is 8.91. The lowest BCUT2D eigenvalue weighted by atomic mass is 9.96. The Labute approximate surface area is 169 Å². The van der Waals surface area contributed by atoms with Crippen LogP contribution in [0.4, 0.5) is 17.5 Å². The monoisotopic (exact) mass is 395 g/mol. The average molecular weight is 396 g/mol. The van der Waals surface area contributed by atoms with Crippen molar-refractivity contribution in [3.63, 3.8) is 0 Å². The molecule has 144 valence electrons. The SMILES string of the molecule is C=CC(=O)NC1=C(Nc2nccc(N(C)c3cccc(Cl)c3)n2)C=CCC1C. The Morgan fingerprint density at radius 1 is 1.39 bits per heavy atom. The maximum absolute atomic E-state index is 11.8. The largest absolute Gasteiger partial charge is 0.329 e. The van der Waals surface area contributed by atoms with Gasteiger partial charge in [-0.05, 0) is 42.8 Å². The van der Waals surface area contributed by atoms with Gasteiger partial charge in [0.1, 0.15) is 5.82 Å². The van der Waals surface area contributed by atoms with Crippen molar-refractivity contribution in [2.24, 2.45) is 5.92 Å². The highest BCUT2D eigenvalue weighted by molar-refractivity contribution is 6.30. The Balaban J connectivity index is 1.87. The number of nitrogens with one attached hydrogen (secondary N) is 2. The molecule has 0 bridgehead atoms. The van der Waals surface area contributed by atoms with E-state index in [9.17, 15) is 4.79 Å². The second-order valence-corrected chi connectivity index (χ2v) is 6.90. The van der Waals surface area contributed by atoms with Crippen LogP contribution in [0.5, 0.6) is 0 Å². The molecule has 1 aliphatic rings. The number of hydrogen-bond donors (Lipinski definition) is 2. The Morgan fingerprint density at radius 3 is 2.96 bits per heavy atom. The van der Waals surface area contributed by atoms with Crippen LogP contribution < -0.4 is 15.5 Å². The molecular weight excluding hydrogens is 374 g/mol. The predicted octanol–water partition coefficient (Wildman–Crippen LogP) is 4.42. The molecule has 1 atom stereocenters. The quantitative estimate of drug-likeness (QED) is 0.708. The Kier molecular flexibility index (Phi) is 6.11. The lowest BCUT2D eigenvalue weighted by Gasteiger charge is -2.23. The van der Waals surface area contributed by atoms with Crippen LogP contribution in [-0.2, 0) is 4.79 Å². The van der Waals surface area contributed by atoms with Crippen LogP contribution in [-0.4, -0.2) is 22.9 Å². The van der Waals surface area contributed by atoms with Gasteiger partial charge in [-0.25, -0.2) is 4.98 Å². The maximum Gasteiger partial charge on any atom is 0.247 e. The molecule has 1 aromatic heterocycles. The third-order valence-electron chi connectivity index (χ3n) is 4.43. The van der Waals surface area contributed by atoms with Crippen LogP contribution in [0.3, 0.4) is 0 Å². The zero-order valence-electron chi connectivity index (χ0n) is 15.8. The lowest BCUT2D eigenvalue weighted by molar-refractivity contribution is -0.116. The zero-order valence-corrected chi connectivity index (χ0v) is 16.6. The number of amides is 1. The number of allylic oxidation sites excluding steroid dienone is 3. The smallest absolute Gasteiger partial charge is 0.247 e. The minimum atomic E-state index is -0.244. The van der Waals surface area contributed by atoms with E-state index >= 15 is 0 Å². The van der Waals surface area contributed by atoms with Gasteiger partial charge in [-0.1, -0.05) is 37.2 Å². The fourth-order valence-electron chi connectivity index (χ4n) is 2.88. The predicted molar refractivity (Wildman–Crippen MR) is 113 cm³/mol. The fraction of sp³-hybridized carbons (Fsp3) is 0.190. The minimum Gasteiger partial charge on any atom is -0.329 e. The van der Waals surface area contributed by atoms with E-state index in [2.05, 4.69) is 33.3 Å². The molecule has 1 heterocycles. The molecule has 1 aliphatic carbocycles. The molecule has 0 aliphatic heterocycles. The molecule has 6 nitrogen and oxygen atoms in total. The van der Waals surface area contributed by atoms with E-state index in [1.807, 2.05) is 55.3 Å². The van der Waals surface area contributed by atoms with E-state index in [1.165, 1.54) is 6.08 Å².